The van der Waals surface area contributed by atoms with Crippen LogP contribution in [0.4, 0.5) is 4.79 Å². The van der Waals surface area contributed by atoms with E-state index in [-0.39, 0.29) is 18.6 Å². The van der Waals surface area contributed by atoms with E-state index in [1.54, 1.807) is 6.07 Å². The number of unbranched alkanes of at least 4 members (excludes halogenated alkanes) is 1. The van der Waals surface area contributed by atoms with Gasteiger partial charge in [-0.1, -0.05) is 73.8 Å². The molecule has 2 aromatic rings. The quantitative estimate of drug-likeness (QED) is 0.573. The van der Waals surface area contributed by atoms with Gasteiger partial charge >= 0.3 is 6.03 Å². The summed E-state index contributed by atoms with van der Waals surface area (Å²) in [4.78, 5) is 29.3. The fourth-order valence-electron chi connectivity index (χ4n) is 3.61. The molecule has 0 saturated carbocycles. The first-order valence-electron chi connectivity index (χ1n) is 10.2. The highest BCUT2D eigenvalue weighted by molar-refractivity contribution is 6.32. The molecule has 3 rings (SSSR count). The van der Waals surface area contributed by atoms with Crippen LogP contribution in [0.25, 0.3) is 0 Å². The number of hydrogen-bond acceptors (Lipinski definition) is 4. The fourth-order valence-corrected chi connectivity index (χ4v) is 3.80. The van der Waals surface area contributed by atoms with Gasteiger partial charge in [0.1, 0.15) is 17.9 Å². The highest BCUT2D eigenvalue weighted by Crippen LogP contribution is 2.34. The van der Waals surface area contributed by atoms with Crippen LogP contribution in [0, 0.1) is 0 Å². The Morgan fingerprint density at radius 3 is 2.50 bits per heavy atom. The van der Waals surface area contributed by atoms with Crippen LogP contribution in [0.3, 0.4) is 0 Å². The third-order valence-electron chi connectivity index (χ3n) is 5.30. The average Bonchev–Trinajstić information content (AvgIpc) is 2.99. The average molecular weight is 430 g/mol. The van der Waals surface area contributed by atoms with Gasteiger partial charge in [0.15, 0.2) is 0 Å². The molecule has 3 amide bonds. The zero-order valence-electron chi connectivity index (χ0n) is 17.4. The first-order chi connectivity index (χ1) is 14.5. The Morgan fingerprint density at radius 1 is 1.10 bits per heavy atom. The number of nitrogens with one attached hydrogen (secondary N) is 1. The summed E-state index contributed by atoms with van der Waals surface area (Å²) in [6.07, 6.45) is 2.36. The van der Waals surface area contributed by atoms with E-state index in [4.69, 9.17) is 16.3 Å². The summed E-state index contributed by atoms with van der Waals surface area (Å²) in [5, 5.41) is 3.53. The van der Waals surface area contributed by atoms with Crippen molar-refractivity contribution in [2.45, 2.75) is 31.7 Å². The van der Waals surface area contributed by atoms with Crippen molar-refractivity contribution in [2.24, 2.45) is 0 Å². The van der Waals surface area contributed by atoms with Crippen molar-refractivity contribution in [1.82, 2.24) is 15.1 Å². The predicted molar refractivity (Wildman–Crippen MR) is 117 cm³/mol. The van der Waals surface area contributed by atoms with Crippen LogP contribution in [0.2, 0.25) is 5.02 Å². The molecule has 0 aromatic heterocycles. The van der Waals surface area contributed by atoms with Gasteiger partial charge < -0.3 is 10.1 Å². The van der Waals surface area contributed by atoms with Crippen molar-refractivity contribution in [3.05, 3.63) is 65.2 Å². The number of imide groups is 1. The molecule has 1 atom stereocenters. The van der Waals surface area contributed by atoms with Crippen LogP contribution in [-0.4, -0.2) is 48.6 Å². The van der Waals surface area contributed by atoms with Gasteiger partial charge in [-0.2, -0.15) is 0 Å². The maximum absolute atomic E-state index is 13.4. The molecule has 0 aliphatic carbocycles. The topological polar surface area (TPSA) is 61.9 Å². The minimum absolute atomic E-state index is 0.192. The molecule has 1 N–H and O–H groups in total. The number of amides is 3. The summed E-state index contributed by atoms with van der Waals surface area (Å²) in [6.45, 7) is 3.20. The molecule has 30 heavy (non-hydrogen) atoms. The molecule has 1 fully saturated rings. The van der Waals surface area contributed by atoms with Crippen LogP contribution in [-0.2, 0) is 10.3 Å². The highest BCUT2D eigenvalue weighted by atomic mass is 35.5. The van der Waals surface area contributed by atoms with Crippen LogP contribution in [0.1, 0.15) is 31.7 Å². The standard InChI is InChI=1S/C23H28ClN3O3/c1-3-4-14-23(18-10-6-5-7-11-18)21(28)27(22(29)25-23)17-26(2)15-16-30-20-13-9-8-12-19(20)24/h5-13H,3-4,14-17H2,1-2H3,(H,25,29)/t23-/m1/s1. The number of urea groups is 1. The van der Waals surface area contributed by atoms with E-state index in [2.05, 4.69) is 12.2 Å². The van der Waals surface area contributed by atoms with Gasteiger partial charge in [-0.15, -0.1) is 0 Å². The number of nitrogens with zero attached hydrogens (tertiary/aromatic N) is 2. The van der Waals surface area contributed by atoms with Crippen molar-refractivity contribution < 1.29 is 14.3 Å². The number of halogens is 1. The molecule has 0 spiro atoms. The van der Waals surface area contributed by atoms with Crippen LogP contribution in [0.15, 0.2) is 54.6 Å². The van der Waals surface area contributed by atoms with Gasteiger partial charge in [-0.25, -0.2) is 9.69 Å². The Balaban J connectivity index is 1.65. The van der Waals surface area contributed by atoms with Gasteiger partial charge in [0.2, 0.25) is 0 Å². The smallest absolute Gasteiger partial charge is 0.326 e. The first kappa shape index (κ1) is 22.1. The van der Waals surface area contributed by atoms with E-state index in [1.807, 2.05) is 60.5 Å². The van der Waals surface area contributed by atoms with Crippen molar-refractivity contribution in [3.8, 4) is 5.75 Å². The van der Waals surface area contributed by atoms with E-state index >= 15 is 0 Å². The Bertz CT molecular complexity index is 877. The van der Waals surface area contributed by atoms with Crippen molar-refractivity contribution in [3.63, 3.8) is 0 Å². The van der Waals surface area contributed by atoms with Gasteiger partial charge in [0, 0.05) is 6.54 Å². The number of carbonyl (C=O) groups excluding carboxylic acids is 2. The number of carbonyl (C=O) groups is 2. The number of benzene rings is 2. The predicted octanol–water partition coefficient (Wildman–Crippen LogP) is 4.25. The molecule has 6 nitrogen and oxygen atoms in total. The fraction of sp³-hybridized carbons (Fsp3) is 0.391. The van der Waals surface area contributed by atoms with Crippen LogP contribution >= 0.6 is 11.6 Å². The summed E-state index contributed by atoms with van der Waals surface area (Å²) >= 11 is 6.10. The molecular weight excluding hydrogens is 402 g/mol. The van der Waals surface area contributed by atoms with Crippen molar-refractivity contribution >= 4 is 23.5 Å². The second-order valence-corrected chi connectivity index (χ2v) is 7.95. The van der Waals surface area contributed by atoms with E-state index < -0.39 is 5.54 Å². The number of rotatable bonds is 10. The molecule has 1 aliphatic heterocycles. The lowest BCUT2D eigenvalue weighted by atomic mass is 9.85. The summed E-state index contributed by atoms with van der Waals surface area (Å²) < 4.78 is 5.71. The van der Waals surface area contributed by atoms with Gasteiger partial charge in [-0.3, -0.25) is 9.69 Å². The minimum atomic E-state index is -0.997. The Labute approximate surface area is 182 Å². The molecule has 160 valence electrons. The second kappa shape index (κ2) is 9.96. The number of ether oxygens (including phenoxy) is 1. The largest absolute Gasteiger partial charge is 0.491 e. The van der Waals surface area contributed by atoms with Crippen LogP contribution in [0.5, 0.6) is 5.75 Å². The molecule has 0 radical (unpaired) electrons. The summed E-state index contributed by atoms with van der Waals surface area (Å²) in [5.74, 6) is 0.413. The van der Waals surface area contributed by atoms with Crippen LogP contribution < -0.4 is 10.1 Å². The molecule has 1 aliphatic rings. The highest BCUT2D eigenvalue weighted by Gasteiger charge is 2.51. The summed E-state index contributed by atoms with van der Waals surface area (Å²) in [7, 11) is 1.85. The SMILES string of the molecule is CCCC[C@]1(c2ccccc2)NC(=O)N(CN(C)CCOc2ccccc2Cl)C1=O. The second-order valence-electron chi connectivity index (χ2n) is 7.54. The van der Waals surface area contributed by atoms with Gasteiger partial charge in [0.25, 0.3) is 5.91 Å². The molecule has 0 bridgehead atoms. The Morgan fingerprint density at radius 2 is 1.80 bits per heavy atom. The summed E-state index contributed by atoms with van der Waals surface area (Å²) in [5.41, 5.74) is -0.174. The molecular formula is C23H28ClN3O3. The van der Waals surface area contributed by atoms with E-state index in [9.17, 15) is 9.59 Å². The number of likely N-dealkylation sites (N-methyl/N-ethyl adjacent to an activating group) is 1. The Hall–Kier alpha value is -2.57. The van der Waals surface area contributed by atoms with Crippen molar-refractivity contribution in [2.75, 3.05) is 26.9 Å². The molecule has 2 aromatic carbocycles. The maximum atomic E-state index is 13.4. The number of hydrogen-bond donors (Lipinski definition) is 1. The lowest BCUT2D eigenvalue weighted by Crippen LogP contribution is -2.45. The van der Waals surface area contributed by atoms with Gasteiger partial charge in [-0.05, 0) is 31.2 Å². The molecule has 1 saturated heterocycles. The van der Waals surface area contributed by atoms with Crippen molar-refractivity contribution in [1.29, 1.82) is 0 Å². The molecule has 0 unspecified atom stereocenters. The maximum Gasteiger partial charge on any atom is 0.326 e. The number of para-hydroxylation sites is 1. The normalized spacial score (nSPS) is 18.7. The lowest BCUT2D eigenvalue weighted by molar-refractivity contribution is -0.133. The zero-order chi connectivity index (χ0) is 21.6. The van der Waals surface area contributed by atoms with E-state index in [1.165, 1.54) is 4.90 Å². The Kier molecular flexibility index (Phi) is 7.34. The lowest BCUT2D eigenvalue weighted by Gasteiger charge is -2.28. The third-order valence-corrected chi connectivity index (χ3v) is 5.61. The third kappa shape index (κ3) is 4.77. The van der Waals surface area contributed by atoms with E-state index in [0.29, 0.717) is 30.3 Å². The zero-order valence-corrected chi connectivity index (χ0v) is 18.2. The summed E-state index contributed by atoms with van der Waals surface area (Å²) in [6, 6.07) is 16.4. The monoisotopic (exact) mass is 429 g/mol. The molecule has 7 heteroatoms. The first-order valence-corrected chi connectivity index (χ1v) is 10.6. The minimum Gasteiger partial charge on any atom is -0.491 e. The molecule has 1 heterocycles. The van der Waals surface area contributed by atoms with Gasteiger partial charge in [0.05, 0.1) is 11.7 Å². The van der Waals surface area contributed by atoms with E-state index in [0.717, 1.165) is 18.4 Å².